The van der Waals surface area contributed by atoms with E-state index in [1.807, 2.05) is 0 Å². The number of carbonyl (C=O) groups is 1. The SMILES string of the molecule is CN(CC(=O)N1CC[C@@H](N)C1)S(=O)(=O)c1cccc([N+](=O)[O-])c1. The van der Waals surface area contributed by atoms with Crippen LogP contribution in [-0.2, 0) is 14.8 Å². The largest absolute Gasteiger partial charge is 0.340 e. The number of nitrogens with zero attached hydrogens (tertiary/aromatic N) is 3. The van der Waals surface area contributed by atoms with Gasteiger partial charge in [0.25, 0.3) is 5.69 Å². The molecule has 1 saturated heterocycles. The van der Waals surface area contributed by atoms with Gasteiger partial charge in [-0.25, -0.2) is 8.42 Å². The molecular weight excluding hydrogens is 324 g/mol. The van der Waals surface area contributed by atoms with E-state index in [-0.39, 0.29) is 29.1 Å². The van der Waals surface area contributed by atoms with Gasteiger partial charge in [-0.1, -0.05) is 6.07 Å². The van der Waals surface area contributed by atoms with Crippen molar-refractivity contribution in [3.8, 4) is 0 Å². The average molecular weight is 342 g/mol. The predicted octanol–water partition coefficient (Wildman–Crippen LogP) is -0.225. The summed E-state index contributed by atoms with van der Waals surface area (Å²) in [4.78, 5) is 23.5. The molecule has 0 radical (unpaired) electrons. The van der Waals surface area contributed by atoms with E-state index in [1.165, 1.54) is 30.1 Å². The first-order valence-electron chi connectivity index (χ1n) is 6.96. The smallest absolute Gasteiger partial charge is 0.270 e. The van der Waals surface area contributed by atoms with Crippen LogP contribution in [0.2, 0.25) is 0 Å². The first-order valence-corrected chi connectivity index (χ1v) is 8.40. The van der Waals surface area contributed by atoms with Crippen molar-refractivity contribution in [1.29, 1.82) is 0 Å². The molecule has 0 aliphatic carbocycles. The zero-order valence-corrected chi connectivity index (χ0v) is 13.4. The summed E-state index contributed by atoms with van der Waals surface area (Å²) in [6, 6.07) is 4.64. The van der Waals surface area contributed by atoms with Crippen LogP contribution in [0.4, 0.5) is 5.69 Å². The summed E-state index contributed by atoms with van der Waals surface area (Å²) in [5, 5.41) is 10.8. The van der Waals surface area contributed by atoms with E-state index in [2.05, 4.69) is 0 Å². The molecule has 1 amide bonds. The topological polar surface area (TPSA) is 127 Å². The molecule has 1 fully saturated rings. The van der Waals surface area contributed by atoms with Gasteiger partial charge in [0.1, 0.15) is 0 Å². The van der Waals surface area contributed by atoms with Gasteiger partial charge >= 0.3 is 0 Å². The summed E-state index contributed by atoms with van der Waals surface area (Å²) < 4.78 is 25.7. The lowest BCUT2D eigenvalue weighted by atomic mass is 10.3. The number of hydrogen-bond donors (Lipinski definition) is 1. The highest BCUT2D eigenvalue weighted by Crippen LogP contribution is 2.20. The van der Waals surface area contributed by atoms with Crippen molar-refractivity contribution in [2.24, 2.45) is 5.73 Å². The van der Waals surface area contributed by atoms with E-state index >= 15 is 0 Å². The standard InChI is InChI=1S/C13H18N4O5S/c1-15(9-13(18)16-6-5-10(14)8-16)23(21,22)12-4-2-3-11(7-12)17(19)20/h2-4,7,10H,5-6,8-9,14H2,1H3/t10-/m1/s1. The first-order chi connectivity index (χ1) is 10.7. The van der Waals surface area contributed by atoms with Gasteiger partial charge in [-0.2, -0.15) is 4.31 Å². The highest BCUT2D eigenvalue weighted by atomic mass is 32.2. The van der Waals surface area contributed by atoms with Crippen LogP contribution in [0.1, 0.15) is 6.42 Å². The second-order valence-electron chi connectivity index (χ2n) is 5.40. The molecule has 1 atom stereocenters. The summed E-state index contributed by atoms with van der Waals surface area (Å²) in [5.41, 5.74) is 5.40. The normalized spacial score (nSPS) is 18.4. The third-order valence-corrected chi connectivity index (χ3v) is 5.47. The Morgan fingerprint density at radius 2 is 2.22 bits per heavy atom. The minimum Gasteiger partial charge on any atom is -0.340 e. The van der Waals surface area contributed by atoms with Crippen LogP contribution >= 0.6 is 0 Å². The van der Waals surface area contributed by atoms with Crippen molar-refractivity contribution in [3.05, 3.63) is 34.4 Å². The van der Waals surface area contributed by atoms with E-state index in [9.17, 15) is 23.3 Å². The summed E-state index contributed by atoms with van der Waals surface area (Å²) >= 11 is 0. The Bertz CT molecular complexity index is 721. The number of nitrogens with two attached hydrogens (primary N) is 1. The molecule has 0 bridgehead atoms. The molecule has 2 rings (SSSR count). The highest BCUT2D eigenvalue weighted by Gasteiger charge is 2.29. The maximum absolute atomic E-state index is 12.4. The Labute approximate surface area is 133 Å². The van der Waals surface area contributed by atoms with Gasteiger partial charge < -0.3 is 10.6 Å². The number of nitro groups is 1. The maximum atomic E-state index is 12.4. The van der Waals surface area contributed by atoms with E-state index < -0.39 is 14.9 Å². The van der Waals surface area contributed by atoms with E-state index in [4.69, 9.17) is 5.73 Å². The van der Waals surface area contributed by atoms with Crippen LogP contribution in [0.5, 0.6) is 0 Å². The first kappa shape index (κ1) is 17.3. The molecule has 9 nitrogen and oxygen atoms in total. The minimum atomic E-state index is -3.98. The molecule has 1 heterocycles. The molecule has 0 spiro atoms. The lowest BCUT2D eigenvalue weighted by Gasteiger charge is -2.21. The van der Waals surface area contributed by atoms with Crippen LogP contribution in [0.25, 0.3) is 0 Å². The number of non-ortho nitro benzene ring substituents is 1. The molecule has 126 valence electrons. The summed E-state index contributed by atoms with van der Waals surface area (Å²) in [6.07, 6.45) is 0.688. The van der Waals surface area contributed by atoms with Crippen LogP contribution in [0.15, 0.2) is 29.2 Å². The van der Waals surface area contributed by atoms with Crippen molar-refractivity contribution in [1.82, 2.24) is 9.21 Å². The molecule has 23 heavy (non-hydrogen) atoms. The van der Waals surface area contributed by atoms with Gasteiger partial charge in [0.15, 0.2) is 0 Å². The molecule has 0 aromatic heterocycles. The number of likely N-dealkylation sites (N-methyl/N-ethyl adjacent to an activating group) is 1. The maximum Gasteiger partial charge on any atom is 0.270 e. The fraction of sp³-hybridized carbons (Fsp3) is 0.462. The van der Waals surface area contributed by atoms with Crippen LogP contribution in [0.3, 0.4) is 0 Å². The van der Waals surface area contributed by atoms with Gasteiger partial charge in [-0.15, -0.1) is 0 Å². The van der Waals surface area contributed by atoms with Gasteiger partial charge in [0.2, 0.25) is 15.9 Å². The van der Waals surface area contributed by atoms with Crippen molar-refractivity contribution in [3.63, 3.8) is 0 Å². The molecule has 1 aliphatic heterocycles. The van der Waals surface area contributed by atoms with Crippen molar-refractivity contribution in [2.75, 3.05) is 26.7 Å². The molecular formula is C13H18N4O5S. The average Bonchev–Trinajstić information content (AvgIpc) is 2.94. The lowest BCUT2D eigenvalue weighted by Crippen LogP contribution is -2.41. The quantitative estimate of drug-likeness (QED) is 0.582. The third kappa shape index (κ3) is 3.84. The molecule has 0 unspecified atom stereocenters. The molecule has 1 aliphatic rings. The third-order valence-electron chi connectivity index (χ3n) is 3.67. The lowest BCUT2D eigenvalue weighted by molar-refractivity contribution is -0.385. The molecule has 1 aromatic rings. The summed E-state index contributed by atoms with van der Waals surface area (Å²) in [5.74, 6) is -0.338. The zero-order chi connectivity index (χ0) is 17.2. The second-order valence-corrected chi connectivity index (χ2v) is 7.45. The fourth-order valence-corrected chi connectivity index (χ4v) is 3.49. The number of benzene rings is 1. The Morgan fingerprint density at radius 3 is 2.78 bits per heavy atom. The molecule has 10 heteroatoms. The van der Waals surface area contributed by atoms with E-state index in [0.717, 1.165) is 10.4 Å². The van der Waals surface area contributed by atoms with Crippen molar-refractivity contribution >= 4 is 21.6 Å². The van der Waals surface area contributed by atoms with Crippen LogP contribution in [-0.4, -0.2) is 61.2 Å². The van der Waals surface area contributed by atoms with Gasteiger partial charge in [-0.05, 0) is 12.5 Å². The zero-order valence-electron chi connectivity index (χ0n) is 12.6. The Hall–Kier alpha value is -2.04. The van der Waals surface area contributed by atoms with Gasteiger partial charge in [0.05, 0.1) is 16.4 Å². The molecule has 2 N–H and O–H groups in total. The fourth-order valence-electron chi connectivity index (χ4n) is 2.33. The number of likely N-dealkylation sites (tertiary alicyclic amines) is 1. The number of sulfonamides is 1. The number of hydrogen-bond acceptors (Lipinski definition) is 6. The second kappa shape index (κ2) is 6.60. The van der Waals surface area contributed by atoms with Crippen molar-refractivity contribution in [2.45, 2.75) is 17.4 Å². The number of carbonyl (C=O) groups excluding carboxylic acids is 1. The van der Waals surface area contributed by atoms with E-state index in [0.29, 0.717) is 19.5 Å². The van der Waals surface area contributed by atoms with Crippen LogP contribution in [0, 0.1) is 10.1 Å². The monoisotopic (exact) mass is 342 g/mol. The Morgan fingerprint density at radius 1 is 1.52 bits per heavy atom. The number of nitro benzene ring substituents is 1. The minimum absolute atomic E-state index is 0.0855. The predicted molar refractivity (Wildman–Crippen MR) is 82.1 cm³/mol. The van der Waals surface area contributed by atoms with Crippen LogP contribution < -0.4 is 5.73 Å². The number of amides is 1. The highest BCUT2D eigenvalue weighted by molar-refractivity contribution is 7.89. The number of rotatable bonds is 5. The molecule has 0 saturated carbocycles. The van der Waals surface area contributed by atoms with Gasteiger partial charge in [0, 0.05) is 38.3 Å². The Balaban J connectivity index is 2.14. The molecule has 1 aromatic carbocycles. The Kier molecular flexibility index (Phi) is 4.97. The summed E-state index contributed by atoms with van der Waals surface area (Å²) in [7, 11) is -2.72. The summed E-state index contributed by atoms with van der Waals surface area (Å²) in [6.45, 7) is 0.575. The van der Waals surface area contributed by atoms with Crippen molar-refractivity contribution < 1.29 is 18.1 Å². The van der Waals surface area contributed by atoms with E-state index in [1.54, 1.807) is 0 Å². The van der Waals surface area contributed by atoms with Gasteiger partial charge in [-0.3, -0.25) is 14.9 Å².